The first kappa shape index (κ1) is 14.2. The van der Waals surface area contributed by atoms with E-state index >= 15 is 0 Å². The molecule has 4 nitrogen and oxygen atoms in total. The van der Waals surface area contributed by atoms with Crippen molar-refractivity contribution >= 4 is 16.9 Å². The second-order valence-corrected chi connectivity index (χ2v) is 6.11. The normalized spacial score (nSPS) is 15.1. The van der Waals surface area contributed by atoms with Gasteiger partial charge >= 0.3 is 0 Å². The Morgan fingerprint density at radius 3 is 2.52 bits per heavy atom. The third kappa shape index (κ3) is 2.78. The number of nitrogens with two attached hydrogens (primary N) is 1. The Bertz CT molecular complexity index is 823. The van der Waals surface area contributed by atoms with Gasteiger partial charge in [-0.3, -0.25) is 0 Å². The molecule has 0 unspecified atom stereocenters. The van der Waals surface area contributed by atoms with Crippen molar-refractivity contribution in [2.75, 3.05) is 31.1 Å². The van der Waals surface area contributed by atoms with E-state index < -0.39 is 0 Å². The van der Waals surface area contributed by atoms with E-state index in [4.69, 9.17) is 9.97 Å². The maximum atomic E-state index is 4.94. The molecule has 2 aromatic carbocycles. The predicted molar refractivity (Wildman–Crippen MR) is 93.6 cm³/mol. The van der Waals surface area contributed by atoms with Gasteiger partial charge in [0.2, 0.25) is 5.95 Å². The molecule has 0 bridgehead atoms. The van der Waals surface area contributed by atoms with E-state index in [1.54, 1.807) is 0 Å². The van der Waals surface area contributed by atoms with Crippen molar-refractivity contribution in [2.45, 2.75) is 6.92 Å². The second-order valence-electron chi connectivity index (χ2n) is 6.11. The van der Waals surface area contributed by atoms with Gasteiger partial charge in [-0.25, -0.2) is 9.97 Å². The van der Waals surface area contributed by atoms with Gasteiger partial charge in [0.15, 0.2) is 0 Å². The van der Waals surface area contributed by atoms with Crippen molar-refractivity contribution in [2.24, 2.45) is 0 Å². The molecule has 0 aliphatic carbocycles. The molecule has 116 valence electrons. The van der Waals surface area contributed by atoms with E-state index in [0.29, 0.717) is 0 Å². The number of rotatable bonds is 2. The Balaban J connectivity index is 1.91. The van der Waals surface area contributed by atoms with Crippen LogP contribution in [0.25, 0.3) is 22.2 Å². The summed E-state index contributed by atoms with van der Waals surface area (Å²) in [6.45, 7) is 6.34. The molecule has 2 heterocycles. The highest BCUT2D eigenvalue weighted by Crippen LogP contribution is 2.28. The van der Waals surface area contributed by atoms with Gasteiger partial charge in [0, 0.05) is 10.9 Å². The summed E-state index contributed by atoms with van der Waals surface area (Å²) >= 11 is 0. The van der Waals surface area contributed by atoms with Crippen molar-refractivity contribution < 1.29 is 5.32 Å². The maximum absolute atomic E-state index is 4.94. The first-order valence-electron chi connectivity index (χ1n) is 8.22. The minimum atomic E-state index is 0.855. The molecule has 0 amide bonds. The van der Waals surface area contributed by atoms with Crippen LogP contribution in [0.5, 0.6) is 0 Å². The molecule has 1 aliphatic rings. The standard InChI is InChI=1S/C19H20N4/c1-14-7-8-17-16(13-14)18(15-5-3-2-4-6-15)22-19(21-17)23-11-9-20-10-12-23/h2-8,13,20H,9-12H2,1H3/p+1. The topological polar surface area (TPSA) is 45.6 Å². The fraction of sp³-hybridized carbons (Fsp3) is 0.263. The summed E-state index contributed by atoms with van der Waals surface area (Å²) < 4.78 is 0. The lowest BCUT2D eigenvalue weighted by molar-refractivity contribution is -0.655. The number of hydrogen-bond acceptors (Lipinski definition) is 3. The van der Waals surface area contributed by atoms with Crippen molar-refractivity contribution in [1.29, 1.82) is 0 Å². The number of aromatic nitrogens is 2. The van der Waals surface area contributed by atoms with Gasteiger partial charge in [-0.2, -0.15) is 0 Å². The maximum Gasteiger partial charge on any atom is 0.226 e. The van der Waals surface area contributed by atoms with E-state index in [1.165, 1.54) is 5.56 Å². The molecular formula is C19H21N4+. The van der Waals surface area contributed by atoms with Crippen LogP contribution in [-0.4, -0.2) is 36.1 Å². The Morgan fingerprint density at radius 1 is 0.957 bits per heavy atom. The molecule has 0 atom stereocenters. The molecule has 3 aromatic rings. The summed E-state index contributed by atoms with van der Waals surface area (Å²) in [7, 11) is 0. The van der Waals surface area contributed by atoms with E-state index in [0.717, 1.165) is 54.3 Å². The fourth-order valence-electron chi connectivity index (χ4n) is 3.14. The summed E-state index contributed by atoms with van der Waals surface area (Å²) in [5, 5.41) is 3.47. The van der Waals surface area contributed by atoms with Gasteiger partial charge < -0.3 is 10.2 Å². The number of quaternary nitrogens is 1. The van der Waals surface area contributed by atoms with Crippen LogP contribution < -0.4 is 10.2 Å². The zero-order valence-corrected chi connectivity index (χ0v) is 13.4. The summed E-state index contributed by atoms with van der Waals surface area (Å²) in [5.74, 6) is 0.855. The molecule has 0 saturated carbocycles. The average molecular weight is 305 g/mol. The van der Waals surface area contributed by atoms with E-state index in [9.17, 15) is 0 Å². The van der Waals surface area contributed by atoms with Crippen molar-refractivity contribution in [3.05, 3.63) is 54.1 Å². The van der Waals surface area contributed by atoms with E-state index in [-0.39, 0.29) is 0 Å². The number of nitrogens with zero attached hydrogens (tertiary/aromatic N) is 3. The largest absolute Gasteiger partial charge is 0.343 e. The molecule has 1 fully saturated rings. The zero-order valence-electron chi connectivity index (χ0n) is 13.4. The number of aryl methyl sites for hydroxylation is 1. The van der Waals surface area contributed by atoms with Crippen LogP contribution in [0, 0.1) is 6.92 Å². The molecule has 4 heteroatoms. The lowest BCUT2D eigenvalue weighted by Crippen LogP contribution is -2.89. The van der Waals surface area contributed by atoms with Crippen molar-refractivity contribution in [3.8, 4) is 11.3 Å². The Labute approximate surface area is 136 Å². The Morgan fingerprint density at radius 2 is 1.74 bits per heavy atom. The van der Waals surface area contributed by atoms with Crippen LogP contribution in [0.4, 0.5) is 5.95 Å². The van der Waals surface area contributed by atoms with Gasteiger partial charge in [0.25, 0.3) is 0 Å². The van der Waals surface area contributed by atoms with Crippen molar-refractivity contribution in [3.63, 3.8) is 0 Å². The molecular weight excluding hydrogens is 284 g/mol. The van der Waals surface area contributed by atoms with Crippen LogP contribution in [0.15, 0.2) is 48.5 Å². The molecule has 1 aliphatic heterocycles. The third-order valence-corrected chi connectivity index (χ3v) is 4.38. The number of piperazine rings is 1. The van der Waals surface area contributed by atoms with E-state index in [1.807, 2.05) is 6.07 Å². The number of hydrogen-bond donors (Lipinski definition) is 1. The predicted octanol–water partition coefficient (Wildman–Crippen LogP) is 1.99. The number of fused-ring (bicyclic) bond motifs is 1. The lowest BCUT2D eigenvalue weighted by atomic mass is 10.0. The smallest absolute Gasteiger partial charge is 0.226 e. The molecule has 0 spiro atoms. The first-order chi connectivity index (χ1) is 11.3. The highest BCUT2D eigenvalue weighted by molar-refractivity contribution is 5.93. The average Bonchev–Trinajstić information content (AvgIpc) is 2.62. The zero-order chi connectivity index (χ0) is 15.6. The minimum absolute atomic E-state index is 0.855. The SMILES string of the molecule is Cc1ccc2nc(N3CC[NH2+]CC3)nc(-c3ccccc3)c2c1. The van der Waals surface area contributed by atoms with Crippen LogP contribution in [0.2, 0.25) is 0 Å². The Hall–Kier alpha value is -2.46. The monoisotopic (exact) mass is 305 g/mol. The minimum Gasteiger partial charge on any atom is -0.343 e. The molecule has 2 N–H and O–H groups in total. The van der Waals surface area contributed by atoms with Gasteiger partial charge in [0.1, 0.15) is 0 Å². The molecule has 23 heavy (non-hydrogen) atoms. The number of benzene rings is 2. The molecule has 0 radical (unpaired) electrons. The first-order valence-corrected chi connectivity index (χ1v) is 8.22. The van der Waals surface area contributed by atoms with Gasteiger partial charge in [-0.15, -0.1) is 0 Å². The Kier molecular flexibility index (Phi) is 3.67. The molecule has 1 aromatic heterocycles. The summed E-state index contributed by atoms with van der Waals surface area (Å²) in [5.41, 5.74) is 4.44. The third-order valence-electron chi connectivity index (χ3n) is 4.38. The van der Waals surface area contributed by atoms with Crippen LogP contribution in [-0.2, 0) is 0 Å². The fourth-order valence-corrected chi connectivity index (χ4v) is 3.14. The number of anilines is 1. The highest BCUT2D eigenvalue weighted by atomic mass is 15.3. The van der Waals surface area contributed by atoms with Gasteiger partial charge in [0.05, 0.1) is 37.4 Å². The van der Waals surface area contributed by atoms with Crippen LogP contribution in [0.1, 0.15) is 5.56 Å². The highest BCUT2D eigenvalue weighted by Gasteiger charge is 2.18. The van der Waals surface area contributed by atoms with Crippen LogP contribution >= 0.6 is 0 Å². The van der Waals surface area contributed by atoms with Gasteiger partial charge in [-0.1, -0.05) is 42.0 Å². The summed E-state index contributed by atoms with van der Waals surface area (Å²) in [6.07, 6.45) is 0. The van der Waals surface area contributed by atoms with Crippen LogP contribution in [0.3, 0.4) is 0 Å². The lowest BCUT2D eigenvalue weighted by Gasteiger charge is -2.26. The van der Waals surface area contributed by atoms with Crippen molar-refractivity contribution in [1.82, 2.24) is 9.97 Å². The molecule has 1 saturated heterocycles. The van der Waals surface area contributed by atoms with E-state index in [2.05, 4.69) is 59.6 Å². The summed E-state index contributed by atoms with van der Waals surface area (Å²) in [4.78, 5) is 12.1. The second kappa shape index (κ2) is 5.97. The molecule has 4 rings (SSSR count). The van der Waals surface area contributed by atoms with Gasteiger partial charge in [-0.05, 0) is 19.1 Å². The quantitative estimate of drug-likeness (QED) is 0.787. The summed E-state index contributed by atoms with van der Waals surface area (Å²) in [6, 6.07) is 16.8.